The Kier molecular flexibility index (Phi) is 4.58. The zero-order valence-corrected chi connectivity index (χ0v) is 8.18. The summed E-state index contributed by atoms with van der Waals surface area (Å²) in [6.07, 6.45) is 1.23. The van der Waals surface area contributed by atoms with E-state index in [1.165, 1.54) is 6.42 Å². The molecule has 3 nitrogen and oxygen atoms in total. The molecule has 72 valence electrons. The van der Waals surface area contributed by atoms with E-state index in [2.05, 4.69) is 24.3 Å². The molecule has 1 fully saturated rings. The van der Waals surface area contributed by atoms with Crippen LogP contribution in [0.15, 0.2) is 0 Å². The van der Waals surface area contributed by atoms with Crippen LogP contribution in [-0.2, 0) is 4.74 Å². The molecule has 1 heterocycles. The number of rotatable bonds is 5. The molecule has 0 amide bonds. The Morgan fingerprint density at radius 2 is 2.33 bits per heavy atom. The largest absolute Gasteiger partial charge is 0.381 e. The number of likely N-dealkylation sites (N-methyl/N-ethyl adjacent to an activating group) is 1. The highest BCUT2D eigenvalue weighted by Gasteiger charge is 2.14. The molecule has 1 rings (SSSR count). The second-order valence-electron chi connectivity index (χ2n) is 3.74. The lowest BCUT2D eigenvalue weighted by Gasteiger charge is -2.12. The first kappa shape index (κ1) is 9.96. The number of hydrogen-bond donors (Lipinski definition) is 1. The Morgan fingerprint density at radius 1 is 1.50 bits per heavy atom. The van der Waals surface area contributed by atoms with Crippen LogP contribution in [0, 0.1) is 5.92 Å². The van der Waals surface area contributed by atoms with Gasteiger partial charge in [0.1, 0.15) is 0 Å². The van der Waals surface area contributed by atoms with Crippen molar-refractivity contribution in [3.63, 3.8) is 0 Å². The Hall–Kier alpha value is -0.120. The first-order chi connectivity index (χ1) is 5.79. The molecule has 0 aromatic heterocycles. The smallest absolute Gasteiger partial charge is 0.0507 e. The molecule has 3 heteroatoms. The van der Waals surface area contributed by atoms with E-state index in [9.17, 15) is 0 Å². The zero-order chi connectivity index (χ0) is 8.81. The first-order valence-electron chi connectivity index (χ1n) is 4.72. The second-order valence-corrected chi connectivity index (χ2v) is 3.74. The first-order valence-corrected chi connectivity index (χ1v) is 4.72. The summed E-state index contributed by atoms with van der Waals surface area (Å²) in [5, 5.41) is 3.44. The SMILES string of the molecule is CN(C)CCNCC1CCOC1. The van der Waals surface area contributed by atoms with Crippen LogP contribution in [0.1, 0.15) is 6.42 Å². The normalized spacial score (nSPS) is 23.8. The maximum Gasteiger partial charge on any atom is 0.0507 e. The van der Waals surface area contributed by atoms with Gasteiger partial charge in [-0.3, -0.25) is 0 Å². The zero-order valence-electron chi connectivity index (χ0n) is 8.18. The molecule has 0 radical (unpaired) electrons. The van der Waals surface area contributed by atoms with Crippen molar-refractivity contribution in [3.8, 4) is 0 Å². The summed E-state index contributed by atoms with van der Waals surface area (Å²) >= 11 is 0. The van der Waals surface area contributed by atoms with E-state index in [4.69, 9.17) is 4.74 Å². The molecule has 1 N–H and O–H groups in total. The summed E-state index contributed by atoms with van der Waals surface area (Å²) in [6.45, 7) is 5.24. The van der Waals surface area contributed by atoms with Crippen molar-refractivity contribution in [2.24, 2.45) is 5.92 Å². The molecule has 1 saturated heterocycles. The highest BCUT2D eigenvalue weighted by molar-refractivity contribution is 4.66. The van der Waals surface area contributed by atoms with Crippen LogP contribution >= 0.6 is 0 Å². The van der Waals surface area contributed by atoms with Crippen molar-refractivity contribution in [1.82, 2.24) is 10.2 Å². The molecule has 12 heavy (non-hydrogen) atoms. The van der Waals surface area contributed by atoms with Crippen LogP contribution in [0.4, 0.5) is 0 Å². The standard InChI is InChI=1S/C9H20N2O/c1-11(2)5-4-10-7-9-3-6-12-8-9/h9-10H,3-8H2,1-2H3. The number of nitrogens with one attached hydrogen (secondary N) is 1. The molecule has 0 aliphatic carbocycles. The average molecular weight is 172 g/mol. The topological polar surface area (TPSA) is 24.5 Å². The maximum atomic E-state index is 5.28. The van der Waals surface area contributed by atoms with Gasteiger partial charge in [0.05, 0.1) is 6.61 Å². The van der Waals surface area contributed by atoms with E-state index in [1.807, 2.05) is 0 Å². The Labute approximate surface area is 75.1 Å². The highest BCUT2D eigenvalue weighted by atomic mass is 16.5. The molecule has 0 aromatic carbocycles. The van der Waals surface area contributed by atoms with Gasteiger partial charge in [-0.2, -0.15) is 0 Å². The minimum atomic E-state index is 0.757. The molecular formula is C9H20N2O. The summed E-state index contributed by atoms with van der Waals surface area (Å²) in [5.41, 5.74) is 0. The van der Waals surface area contributed by atoms with Gasteiger partial charge in [-0.1, -0.05) is 0 Å². The molecule has 0 spiro atoms. The number of hydrogen-bond acceptors (Lipinski definition) is 3. The Bertz CT molecular complexity index is 111. The monoisotopic (exact) mass is 172 g/mol. The fourth-order valence-corrected chi connectivity index (χ4v) is 1.35. The predicted octanol–water partition coefficient (Wildman–Crippen LogP) is 0.174. The third-order valence-electron chi connectivity index (χ3n) is 2.19. The van der Waals surface area contributed by atoms with E-state index in [1.54, 1.807) is 0 Å². The summed E-state index contributed by atoms with van der Waals surface area (Å²) in [6, 6.07) is 0. The van der Waals surface area contributed by atoms with E-state index < -0.39 is 0 Å². The van der Waals surface area contributed by atoms with Crippen LogP contribution in [0.5, 0.6) is 0 Å². The van der Waals surface area contributed by atoms with Gasteiger partial charge in [-0.05, 0) is 26.4 Å². The van der Waals surface area contributed by atoms with Crippen molar-refractivity contribution < 1.29 is 4.74 Å². The van der Waals surface area contributed by atoms with Crippen molar-refractivity contribution in [2.75, 3.05) is 46.9 Å². The summed E-state index contributed by atoms with van der Waals surface area (Å²) in [7, 11) is 4.20. The highest BCUT2D eigenvalue weighted by Crippen LogP contribution is 2.10. The minimum absolute atomic E-state index is 0.757. The Morgan fingerprint density at radius 3 is 2.92 bits per heavy atom. The molecule has 0 bridgehead atoms. The van der Waals surface area contributed by atoms with E-state index in [0.717, 1.165) is 38.8 Å². The third kappa shape index (κ3) is 4.04. The van der Waals surface area contributed by atoms with Gasteiger partial charge in [0.25, 0.3) is 0 Å². The van der Waals surface area contributed by atoms with Crippen LogP contribution in [-0.4, -0.2) is 51.8 Å². The summed E-state index contributed by atoms with van der Waals surface area (Å²) < 4.78 is 5.28. The maximum absolute atomic E-state index is 5.28. The quantitative estimate of drug-likeness (QED) is 0.598. The van der Waals surface area contributed by atoms with E-state index >= 15 is 0 Å². The lowest BCUT2D eigenvalue weighted by Crippen LogP contribution is -2.30. The van der Waals surface area contributed by atoms with Gasteiger partial charge in [0.2, 0.25) is 0 Å². The van der Waals surface area contributed by atoms with Gasteiger partial charge in [-0.25, -0.2) is 0 Å². The van der Waals surface area contributed by atoms with E-state index in [0.29, 0.717) is 0 Å². The fraction of sp³-hybridized carbons (Fsp3) is 1.00. The number of ether oxygens (including phenoxy) is 1. The molecule has 1 unspecified atom stereocenters. The van der Waals surface area contributed by atoms with Gasteiger partial charge in [0, 0.05) is 26.2 Å². The number of nitrogens with zero attached hydrogens (tertiary/aromatic N) is 1. The predicted molar refractivity (Wildman–Crippen MR) is 50.3 cm³/mol. The van der Waals surface area contributed by atoms with Gasteiger partial charge in [-0.15, -0.1) is 0 Å². The molecular weight excluding hydrogens is 152 g/mol. The molecule has 1 aliphatic heterocycles. The van der Waals surface area contributed by atoms with Crippen molar-refractivity contribution in [1.29, 1.82) is 0 Å². The molecule has 0 aromatic rings. The molecule has 1 atom stereocenters. The second kappa shape index (κ2) is 5.51. The van der Waals surface area contributed by atoms with Gasteiger partial charge in [0.15, 0.2) is 0 Å². The van der Waals surface area contributed by atoms with Crippen molar-refractivity contribution in [3.05, 3.63) is 0 Å². The average Bonchev–Trinajstić information content (AvgIpc) is 2.49. The van der Waals surface area contributed by atoms with Crippen LogP contribution < -0.4 is 5.32 Å². The van der Waals surface area contributed by atoms with E-state index in [-0.39, 0.29) is 0 Å². The van der Waals surface area contributed by atoms with Crippen LogP contribution in [0.25, 0.3) is 0 Å². The molecule has 1 aliphatic rings. The fourth-order valence-electron chi connectivity index (χ4n) is 1.35. The minimum Gasteiger partial charge on any atom is -0.381 e. The van der Waals surface area contributed by atoms with Gasteiger partial charge < -0.3 is 15.0 Å². The Balaban J connectivity index is 1.88. The lowest BCUT2D eigenvalue weighted by molar-refractivity contribution is 0.185. The van der Waals surface area contributed by atoms with Crippen molar-refractivity contribution in [2.45, 2.75) is 6.42 Å². The molecule has 0 saturated carbocycles. The summed E-state index contributed by atoms with van der Waals surface area (Å²) in [4.78, 5) is 2.19. The lowest BCUT2D eigenvalue weighted by atomic mass is 10.1. The van der Waals surface area contributed by atoms with Crippen LogP contribution in [0.2, 0.25) is 0 Å². The van der Waals surface area contributed by atoms with Crippen LogP contribution in [0.3, 0.4) is 0 Å². The third-order valence-corrected chi connectivity index (χ3v) is 2.19. The van der Waals surface area contributed by atoms with Gasteiger partial charge >= 0.3 is 0 Å². The van der Waals surface area contributed by atoms with Crippen molar-refractivity contribution >= 4 is 0 Å². The summed E-state index contributed by atoms with van der Waals surface area (Å²) in [5.74, 6) is 0.757.